The summed E-state index contributed by atoms with van der Waals surface area (Å²) in [6.45, 7) is 1.72. The van der Waals surface area contributed by atoms with E-state index in [1.165, 1.54) is 11.1 Å². The lowest BCUT2D eigenvalue weighted by Crippen LogP contribution is -2.12. The first-order valence-corrected chi connectivity index (χ1v) is 7.11. The molecule has 102 valence electrons. The minimum atomic E-state index is 0.0845. The van der Waals surface area contributed by atoms with Crippen molar-refractivity contribution in [3.8, 4) is 11.8 Å². The van der Waals surface area contributed by atoms with E-state index in [4.69, 9.17) is 10.00 Å². The van der Waals surface area contributed by atoms with Gasteiger partial charge in [0.1, 0.15) is 11.8 Å². The first-order valence-electron chi connectivity index (χ1n) is 6.32. The van der Waals surface area contributed by atoms with Gasteiger partial charge in [-0.15, -0.1) is 0 Å². The lowest BCUT2D eigenvalue weighted by atomic mass is 10.2. The number of ether oxygens (including phenoxy) is 1. The van der Waals surface area contributed by atoms with Crippen LogP contribution in [0.15, 0.2) is 53.0 Å². The molecule has 20 heavy (non-hydrogen) atoms. The molecule has 0 spiro atoms. The lowest BCUT2D eigenvalue weighted by Gasteiger charge is -2.07. The summed E-state index contributed by atoms with van der Waals surface area (Å²) in [5.74, 6) is 0.725. The Morgan fingerprint density at radius 1 is 0.950 bits per heavy atom. The highest BCUT2D eigenvalue weighted by Crippen LogP contribution is 2.13. The van der Waals surface area contributed by atoms with Crippen LogP contribution in [0.2, 0.25) is 0 Å². The predicted octanol–water partition coefficient (Wildman–Crippen LogP) is 3.64. The molecule has 3 nitrogen and oxygen atoms in total. The molecule has 1 N–H and O–H groups in total. The van der Waals surface area contributed by atoms with Crippen LogP contribution in [0.5, 0.6) is 5.75 Å². The number of halogens is 1. The van der Waals surface area contributed by atoms with Crippen LogP contribution in [0, 0.1) is 11.3 Å². The Morgan fingerprint density at radius 2 is 1.50 bits per heavy atom. The van der Waals surface area contributed by atoms with E-state index >= 15 is 0 Å². The van der Waals surface area contributed by atoms with Gasteiger partial charge in [-0.1, -0.05) is 40.2 Å². The summed E-state index contributed by atoms with van der Waals surface area (Å²) in [4.78, 5) is 0. The first kappa shape index (κ1) is 14.6. The molecule has 4 heteroatoms. The van der Waals surface area contributed by atoms with Crippen molar-refractivity contribution in [1.29, 1.82) is 5.26 Å². The number of rotatable bonds is 6. The summed E-state index contributed by atoms with van der Waals surface area (Å²) in [6.07, 6.45) is 0. The van der Waals surface area contributed by atoms with Crippen molar-refractivity contribution in [1.82, 2.24) is 5.32 Å². The molecule has 0 aliphatic heterocycles. The van der Waals surface area contributed by atoms with Gasteiger partial charge >= 0.3 is 0 Å². The van der Waals surface area contributed by atoms with Gasteiger partial charge < -0.3 is 10.1 Å². The van der Waals surface area contributed by atoms with Crippen LogP contribution in [0.1, 0.15) is 11.1 Å². The molecule has 0 heterocycles. The minimum Gasteiger partial charge on any atom is -0.479 e. The van der Waals surface area contributed by atoms with Crippen LogP contribution in [-0.2, 0) is 13.1 Å². The molecule has 0 amide bonds. The van der Waals surface area contributed by atoms with Crippen LogP contribution in [0.4, 0.5) is 0 Å². The van der Waals surface area contributed by atoms with E-state index in [2.05, 4.69) is 33.4 Å². The molecule has 0 saturated carbocycles. The maximum atomic E-state index is 8.44. The number of nitriles is 1. The molecular weight excluding hydrogens is 316 g/mol. The number of nitrogens with one attached hydrogen (secondary N) is 1. The molecule has 0 aromatic heterocycles. The molecule has 0 fully saturated rings. The van der Waals surface area contributed by atoms with Crippen molar-refractivity contribution in [3.63, 3.8) is 0 Å². The quantitative estimate of drug-likeness (QED) is 0.879. The van der Waals surface area contributed by atoms with Gasteiger partial charge in [-0.05, 0) is 35.4 Å². The molecule has 2 aromatic rings. The third kappa shape index (κ3) is 4.69. The molecule has 0 aliphatic rings. The second-order valence-corrected chi connectivity index (χ2v) is 5.24. The van der Waals surface area contributed by atoms with E-state index in [-0.39, 0.29) is 6.61 Å². The van der Waals surface area contributed by atoms with Crippen LogP contribution in [-0.4, -0.2) is 6.61 Å². The fourth-order valence-electron chi connectivity index (χ4n) is 1.77. The van der Waals surface area contributed by atoms with Gasteiger partial charge in [0.2, 0.25) is 0 Å². The van der Waals surface area contributed by atoms with Gasteiger partial charge in [0, 0.05) is 17.6 Å². The van der Waals surface area contributed by atoms with Gasteiger partial charge in [0.25, 0.3) is 0 Å². The van der Waals surface area contributed by atoms with Crippen molar-refractivity contribution in [2.45, 2.75) is 13.1 Å². The summed E-state index contributed by atoms with van der Waals surface area (Å²) in [5.41, 5.74) is 2.44. The first-order chi connectivity index (χ1) is 9.78. The van der Waals surface area contributed by atoms with Crippen molar-refractivity contribution >= 4 is 15.9 Å². The smallest absolute Gasteiger partial charge is 0.174 e. The van der Waals surface area contributed by atoms with Crippen molar-refractivity contribution < 1.29 is 4.74 Å². The summed E-state index contributed by atoms with van der Waals surface area (Å²) < 4.78 is 6.30. The molecule has 0 aliphatic carbocycles. The van der Waals surface area contributed by atoms with Gasteiger partial charge in [-0.3, -0.25) is 0 Å². The van der Waals surface area contributed by atoms with Gasteiger partial charge in [0.05, 0.1) is 0 Å². The maximum absolute atomic E-state index is 8.44. The normalized spacial score (nSPS) is 10.0. The topological polar surface area (TPSA) is 45.0 Å². The lowest BCUT2D eigenvalue weighted by molar-refractivity contribution is 0.368. The second-order valence-electron chi connectivity index (χ2n) is 4.32. The zero-order chi connectivity index (χ0) is 14.2. The number of hydrogen-bond donors (Lipinski definition) is 1. The third-order valence-electron chi connectivity index (χ3n) is 2.80. The van der Waals surface area contributed by atoms with E-state index in [1.54, 1.807) is 0 Å². The SMILES string of the molecule is N#CCOc1ccc(CNCc2ccc(Br)cc2)cc1. The van der Waals surface area contributed by atoms with E-state index in [0.717, 1.165) is 23.3 Å². The minimum absolute atomic E-state index is 0.0845. The predicted molar refractivity (Wildman–Crippen MR) is 82.2 cm³/mol. The Balaban J connectivity index is 1.79. The number of benzene rings is 2. The summed E-state index contributed by atoms with van der Waals surface area (Å²) >= 11 is 3.42. The summed E-state index contributed by atoms with van der Waals surface area (Å²) in [7, 11) is 0. The zero-order valence-electron chi connectivity index (χ0n) is 11.0. The molecule has 0 atom stereocenters. The molecule has 0 bridgehead atoms. The molecular formula is C16H15BrN2O. The van der Waals surface area contributed by atoms with E-state index in [9.17, 15) is 0 Å². The van der Waals surface area contributed by atoms with Gasteiger partial charge in [0.15, 0.2) is 6.61 Å². The molecule has 2 aromatic carbocycles. The average molecular weight is 331 g/mol. The summed E-state index contributed by atoms with van der Waals surface area (Å²) in [5, 5.41) is 11.8. The summed E-state index contributed by atoms with van der Waals surface area (Å²) in [6, 6.07) is 18.0. The largest absolute Gasteiger partial charge is 0.479 e. The molecule has 0 saturated heterocycles. The van der Waals surface area contributed by atoms with Crippen molar-refractivity contribution in [2.24, 2.45) is 0 Å². The van der Waals surface area contributed by atoms with E-state index < -0.39 is 0 Å². The highest BCUT2D eigenvalue weighted by atomic mass is 79.9. The van der Waals surface area contributed by atoms with Crippen molar-refractivity contribution in [2.75, 3.05) is 6.61 Å². The standard InChI is InChI=1S/C16H15BrN2O/c17-15-5-1-13(2-6-15)11-19-12-14-3-7-16(8-4-14)20-10-9-18/h1-8,19H,10-12H2. The Hall–Kier alpha value is -1.83. The Labute approximate surface area is 127 Å². The zero-order valence-corrected chi connectivity index (χ0v) is 12.6. The van der Waals surface area contributed by atoms with Crippen LogP contribution in [0.3, 0.4) is 0 Å². The second kappa shape index (κ2) is 7.68. The highest BCUT2D eigenvalue weighted by molar-refractivity contribution is 9.10. The fraction of sp³-hybridized carbons (Fsp3) is 0.188. The molecule has 0 radical (unpaired) electrons. The van der Waals surface area contributed by atoms with Crippen LogP contribution >= 0.6 is 15.9 Å². The maximum Gasteiger partial charge on any atom is 0.174 e. The van der Waals surface area contributed by atoms with E-state index in [1.807, 2.05) is 42.5 Å². The van der Waals surface area contributed by atoms with Crippen LogP contribution < -0.4 is 10.1 Å². The monoisotopic (exact) mass is 330 g/mol. The van der Waals surface area contributed by atoms with Crippen molar-refractivity contribution in [3.05, 3.63) is 64.1 Å². The van der Waals surface area contributed by atoms with Gasteiger partial charge in [-0.2, -0.15) is 5.26 Å². The Bertz CT molecular complexity index is 573. The fourth-order valence-corrected chi connectivity index (χ4v) is 2.04. The van der Waals surface area contributed by atoms with E-state index in [0.29, 0.717) is 0 Å². The number of nitrogens with zero attached hydrogens (tertiary/aromatic N) is 1. The Morgan fingerprint density at radius 3 is 2.05 bits per heavy atom. The highest BCUT2D eigenvalue weighted by Gasteiger charge is 1.97. The molecule has 2 rings (SSSR count). The van der Waals surface area contributed by atoms with Gasteiger partial charge in [-0.25, -0.2) is 0 Å². The third-order valence-corrected chi connectivity index (χ3v) is 3.33. The van der Waals surface area contributed by atoms with Crippen LogP contribution in [0.25, 0.3) is 0 Å². The average Bonchev–Trinajstić information content (AvgIpc) is 2.48. The molecule has 0 unspecified atom stereocenters. The number of hydrogen-bond acceptors (Lipinski definition) is 3. The Kier molecular flexibility index (Phi) is 5.60.